The molecule has 0 bridgehead atoms. The predicted octanol–water partition coefficient (Wildman–Crippen LogP) is 5.15. The molecule has 128 valence electrons. The van der Waals surface area contributed by atoms with Crippen molar-refractivity contribution < 1.29 is 22.7 Å². The summed E-state index contributed by atoms with van der Waals surface area (Å²) in [4.78, 5) is 12.2. The molecule has 0 heterocycles. The molecule has 1 amide bonds. The smallest absolute Gasteiger partial charge is 0.417 e. The minimum Gasteiger partial charge on any atom is -0.481 e. The molecule has 2 rings (SSSR count). The van der Waals surface area contributed by atoms with Gasteiger partial charge in [0.1, 0.15) is 5.75 Å². The zero-order valence-corrected chi connectivity index (χ0v) is 13.5. The van der Waals surface area contributed by atoms with Crippen LogP contribution in [0, 0.1) is 0 Å². The van der Waals surface area contributed by atoms with Crippen molar-refractivity contribution in [2.45, 2.75) is 25.6 Å². The number of carbonyl (C=O) groups is 1. The Morgan fingerprint density at radius 1 is 1.21 bits per heavy atom. The highest BCUT2D eigenvalue weighted by molar-refractivity contribution is 6.31. The molecule has 1 atom stereocenters. The third-order valence-electron chi connectivity index (χ3n) is 3.22. The number of hydrogen-bond acceptors (Lipinski definition) is 2. The van der Waals surface area contributed by atoms with Crippen LogP contribution in [0.5, 0.6) is 5.75 Å². The van der Waals surface area contributed by atoms with Crippen LogP contribution in [-0.2, 0) is 11.0 Å². The van der Waals surface area contributed by atoms with E-state index in [0.717, 1.165) is 12.1 Å². The molecule has 0 saturated carbocycles. The topological polar surface area (TPSA) is 38.3 Å². The van der Waals surface area contributed by atoms with Gasteiger partial charge in [0.2, 0.25) is 0 Å². The fraction of sp³-hybridized carbons (Fsp3) is 0.235. The third-order valence-corrected chi connectivity index (χ3v) is 3.55. The van der Waals surface area contributed by atoms with Crippen LogP contribution < -0.4 is 10.1 Å². The van der Waals surface area contributed by atoms with Crippen LogP contribution in [0.3, 0.4) is 0 Å². The van der Waals surface area contributed by atoms with Crippen LogP contribution in [0.25, 0.3) is 0 Å². The van der Waals surface area contributed by atoms with Crippen molar-refractivity contribution in [2.24, 2.45) is 0 Å². The molecule has 0 aliphatic rings. The van der Waals surface area contributed by atoms with Crippen molar-refractivity contribution in [3.63, 3.8) is 0 Å². The molecule has 0 saturated heterocycles. The SMILES string of the molecule is CC[C@H](Oc1ccccc1)C(=O)Nc1ccc(Cl)c(C(F)(F)F)c1. The second-order valence-electron chi connectivity index (χ2n) is 5.01. The van der Waals surface area contributed by atoms with Crippen LogP contribution in [-0.4, -0.2) is 12.0 Å². The van der Waals surface area contributed by atoms with E-state index in [0.29, 0.717) is 12.2 Å². The molecule has 2 aromatic rings. The predicted molar refractivity (Wildman–Crippen MR) is 86.2 cm³/mol. The molecule has 3 nitrogen and oxygen atoms in total. The first kappa shape index (κ1) is 18.1. The molecule has 0 aliphatic carbocycles. The summed E-state index contributed by atoms with van der Waals surface area (Å²) in [5.74, 6) is -0.0246. The summed E-state index contributed by atoms with van der Waals surface area (Å²) in [5, 5.41) is 2.01. The average Bonchev–Trinajstić information content (AvgIpc) is 2.54. The van der Waals surface area contributed by atoms with Crippen molar-refractivity contribution >= 4 is 23.2 Å². The lowest BCUT2D eigenvalue weighted by molar-refractivity contribution is -0.137. The summed E-state index contributed by atoms with van der Waals surface area (Å²) in [7, 11) is 0. The van der Waals surface area contributed by atoms with Gasteiger partial charge >= 0.3 is 6.18 Å². The maximum atomic E-state index is 12.9. The second-order valence-corrected chi connectivity index (χ2v) is 5.42. The minimum atomic E-state index is -4.59. The first-order valence-electron chi connectivity index (χ1n) is 7.20. The van der Waals surface area contributed by atoms with E-state index in [1.165, 1.54) is 6.07 Å². The van der Waals surface area contributed by atoms with E-state index in [-0.39, 0.29) is 5.69 Å². The summed E-state index contributed by atoms with van der Waals surface area (Å²) in [6.45, 7) is 1.75. The van der Waals surface area contributed by atoms with E-state index in [1.54, 1.807) is 37.3 Å². The largest absolute Gasteiger partial charge is 0.481 e. The van der Waals surface area contributed by atoms with E-state index < -0.39 is 28.8 Å². The molecule has 0 fully saturated rings. The maximum absolute atomic E-state index is 12.9. The number of amides is 1. The molecule has 7 heteroatoms. The maximum Gasteiger partial charge on any atom is 0.417 e. The number of halogens is 4. The number of benzene rings is 2. The van der Waals surface area contributed by atoms with E-state index in [4.69, 9.17) is 16.3 Å². The number of ether oxygens (including phenoxy) is 1. The quantitative estimate of drug-likeness (QED) is 0.803. The molecule has 0 aromatic heterocycles. The van der Waals surface area contributed by atoms with Gasteiger partial charge in [-0.2, -0.15) is 13.2 Å². The van der Waals surface area contributed by atoms with Crippen LogP contribution in [0.4, 0.5) is 18.9 Å². The molecule has 0 radical (unpaired) electrons. The first-order chi connectivity index (χ1) is 11.3. The van der Waals surface area contributed by atoms with E-state index in [1.807, 2.05) is 0 Å². The fourth-order valence-corrected chi connectivity index (χ4v) is 2.25. The van der Waals surface area contributed by atoms with Gasteiger partial charge < -0.3 is 10.1 Å². The zero-order chi connectivity index (χ0) is 17.7. The summed E-state index contributed by atoms with van der Waals surface area (Å²) >= 11 is 5.56. The van der Waals surface area contributed by atoms with Crippen LogP contribution in [0.2, 0.25) is 5.02 Å². The Labute approximate surface area is 142 Å². The van der Waals surface area contributed by atoms with Gasteiger partial charge in [0.05, 0.1) is 10.6 Å². The average molecular weight is 358 g/mol. The Kier molecular flexibility index (Phi) is 5.72. The Morgan fingerprint density at radius 2 is 1.88 bits per heavy atom. The highest BCUT2D eigenvalue weighted by Crippen LogP contribution is 2.36. The Hall–Kier alpha value is -2.21. The van der Waals surface area contributed by atoms with Gasteiger partial charge in [0.15, 0.2) is 6.10 Å². The van der Waals surface area contributed by atoms with Crippen LogP contribution in [0.15, 0.2) is 48.5 Å². The van der Waals surface area contributed by atoms with Crippen LogP contribution >= 0.6 is 11.6 Å². The summed E-state index contributed by atoms with van der Waals surface area (Å²) in [5.41, 5.74) is -0.995. The van der Waals surface area contributed by atoms with Gasteiger partial charge in [-0.1, -0.05) is 36.7 Å². The number of para-hydroxylation sites is 1. The lowest BCUT2D eigenvalue weighted by Gasteiger charge is -2.18. The highest BCUT2D eigenvalue weighted by atomic mass is 35.5. The number of hydrogen-bond donors (Lipinski definition) is 1. The summed E-state index contributed by atoms with van der Waals surface area (Å²) in [6.07, 6.45) is -5.06. The fourth-order valence-electron chi connectivity index (χ4n) is 2.03. The number of nitrogens with one attached hydrogen (secondary N) is 1. The van der Waals surface area contributed by atoms with Gasteiger partial charge in [0.25, 0.3) is 5.91 Å². The number of carbonyl (C=O) groups excluding carboxylic acids is 1. The van der Waals surface area contributed by atoms with Crippen molar-refractivity contribution in [3.8, 4) is 5.75 Å². The molecule has 1 N–H and O–H groups in total. The lowest BCUT2D eigenvalue weighted by atomic mass is 10.1. The van der Waals surface area contributed by atoms with Gasteiger partial charge in [-0.15, -0.1) is 0 Å². The number of alkyl halides is 3. The summed E-state index contributed by atoms with van der Waals surface area (Å²) in [6, 6.07) is 11.9. The lowest BCUT2D eigenvalue weighted by Crippen LogP contribution is -2.32. The van der Waals surface area contributed by atoms with E-state index in [2.05, 4.69) is 5.32 Å². The van der Waals surface area contributed by atoms with E-state index in [9.17, 15) is 18.0 Å². The van der Waals surface area contributed by atoms with Crippen molar-refractivity contribution in [3.05, 3.63) is 59.1 Å². The molecule has 0 spiro atoms. The Bertz CT molecular complexity index is 705. The third kappa shape index (κ3) is 4.64. The molecule has 0 aliphatic heterocycles. The normalized spacial score (nSPS) is 12.5. The Balaban J connectivity index is 2.13. The van der Waals surface area contributed by atoms with Gasteiger partial charge in [-0.05, 0) is 36.8 Å². The standard InChI is InChI=1S/C17H15ClF3NO2/c1-2-15(24-12-6-4-3-5-7-12)16(23)22-11-8-9-14(18)13(10-11)17(19,20)21/h3-10,15H,2H2,1H3,(H,22,23)/t15-/m0/s1. The highest BCUT2D eigenvalue weighted by Gasteiger charge is 2.33. The van der Waals surface area contributed by atoms with E-state index >= 15 is 0 Å². The van der Waals surface area contributed by atoms with Gasteiger partial charge in [0, 0.05) is 5.69 Å². The zero-order valence-electron chi connectivity index (χ0n) is 12.7. The molecule has 2 aromatic carbocycles. The Morgan fingerprint density at radius 3 is 2.46 bits per heavy atom. The van der Waals surface area contributed by atoms with Crippen molar-refractivity contribution in [1.29, 1.82) is 0 Å². The van der Waals surface area contributed by atoms with Gasteiger partial charge in [-0.25, -0.2) is 0 Å². The van der Waals surface area contributed by atoms with Crippen molar-refractivity contribution in [2.75, 3.05) is 5.32 Å². The van der Waals surface area contributed by atoms with Crippen molar-refractivity contribution in [1.82, 2.24) is 0 Å². The molecular weight excluding hydrogens is 343 g/mol. The molecular formula is C17H15ClF3NO2. The molecule has 0 unspecified atom stereocenters. The monoisotopic (exact) mass is 357 g/mol. The first-order valence-corrected chi connectivity index (χ1v) is 7.58. The number of rotatable bonds is 5. The van der Waals surface area contributed by atoms with Crippen LogP contribution in [0.1, 0.15) is 18.9 Å². The number of anilines is 1. The molecule has 24 heavy (non-hydrogen) atoms. The summed E-state index contributed by atoms with van der Waals surface area (Å²) < 4.78 is 44.1. The minimum absolute atomic E-state index is 0.00633. The second kappa shape index (κ2) is 7.57. The van der Waals surface area contributed by atoms with Gasteiger partial charge in [-0.3, -0.25) is 4.79 Å².